The number of aliphatic imine (C=N–C) groups is 1. The first kappa shape index (κ1) is 24.2. The Balaban J connectivity index is 0.000000606. The summed E-state index contributed by atoms with van der Waals surface area (Å²) in [6.07, 6.45) is 21.7. The van der Waals surface area contributed by atoms with Crippen molar-refractivity contribution >= 4 is 34.3 Å². The molecule has 5 rings (SSSR count). The summed E-state index contributed by atoms with van der Waals surface area (Å²) < 4.78 is 2.80. The summed E-state index contributed by atoms with van der Waals surface area (Å²) in [5.41, 5.74) is 0.754. The molecular formula is C23H34Cl2CrN3Si. The molecule has 30 heavy (non-hydrogen) atoms. The molecule has 0 spiro atoms. The minimum absolute atomic E-state index is 0. The Morgan fingerprint density at radius 2 is 1.37 bits per heavy atom. The quantitative estimate of drug-likeness (QED) is 0.346. The molecule has 4 atom stereocenters. The SMILES string of the molecule is C[Si](C)(C1C2C=CC=CC2C2C=CC=CC21)N1CCCN2CCCN=C21.[CH3-].[Cl][Cr+][Cl]. The zero-order chi connectivity index (χ0) is 20.4. The van der Waals surface area contributed by atoms with Crippen molar-refractivity contribution in [2.75, 3.05) is 26.2 Å². The van der Waals surface area contributed by atoms with Gasteiger partial charge in [-0.05, 0) is 42.1 Å². The van der Waals surface area contributed by atoms with Crippen molar-refractivity contribution in [1.29, 1.82) is 0 Å². The van der Waals surface area contributed by atoms with Crippen LogP contribution in [0.2, 0.25) is 18.6 Å². The van der Waals surface area contributed by atoms with Crippen LogP contribution in [0.25, 0.3) is 0 Å². The van der Waals surface area contributed by atoms with Crippen molar-refractivity contribution in [3.63, 3.8) is 0 Å². The van der Waals surface area contributed by atoms with Crippen LogP contribution in [0, 0.1) is 31.1 Å². The van der Waals surface area contributed by atoms with E-state index in [4.69, 9.17) is 25.1 Å². The molecule has 165 valence electrons. The number of hydrogen-bond acceptors (Lipinski definition) is 3. The Kier molecular flexibility index (Phi) is 8.43. The molecule has 7 heteroatoms. The standard InChI is InChI=1S/C22H31N3Si.CH3.2ClH.Cr/c1-26(2,25-16-8-15-24-14-7-13-23-22(24)25)21-19-11-5-3-9-17(19)18-10-4-6-12-20(18)21;;;;/h3-6,9-12,17-21H,7-8,13-16H2,1-2H3;1H3;2*1H;/q;-1;;;+3/p-2. The van der Waals surface area contributed by atoms with E-state index in [0.29, 0.717) is 23.7 Å². The van der Waals surface area contributed by atoms with E-state index in [9.17, 15) is 0 Å². The molecular weight excluding hydrogens is 469 g/mol. The van der Waals surface area contributed by atoms with E-state index >= 15 is 0 Å². The van der Waals surface area contributed by atoms with E-state index in [2.05, 4.69) is 71.2 Å². The van der Waals surface area contributed by atoms with Crippen LogP contribution in [-0.4, -0.2) is 49.8 Å². The van der Waals surface area contributed by atoms with Gasteiger partial charge in [0.15, 0.2) is 14.2 Å². The number of hydrogen-bond donors (Lipinski definition) is 0. The fourth-order valence-electron chi connectivity index (χ4n) is 6.32. The third-order valence-corrected chi connectivity index (χ3v) is 11.6. The summed E-state index contributed by atoms with van der Waals surface area (Å²) in [6, 6.07) is 0. The van der Waals surface area contributed by atoms with Gasteiger partial charge < -0.3 is 16.9 Å². The van der Waals surface area contributed by atoms with Gasteiger partial charge >= 0.3 is 33.5 Å². The van der Waals surface area contributed by atoms with Gasteiger partial charge in [-0.2, -0.15) is 0 Å². The Bertz CT molecular complexity index is 715. The van der Waals surface area contributed by atoms with Crippen molar-refractivity contribution in [3.05, 3.63) is 56.0 Å². The Labute approximate surface area is 198 Å². The van der Waals surface area contributed by atoms with E-state index in [-0.39, 0.29) is 20.8 Å². The summed E-state index contributed by atoms with van der Waals surface area (Å²) in [4.78, 5) is 7.59. The maximum absolute atomic E-state index is 5.02. The number of guanidine groups is 1. The molecule has 1 saturated heterocycles. The van der Waals surface area contributed by atoms with Crippen LogP contribution in [0.15, 0.2) is 53.6 Å². The maximum atomic E-state index is 5.02. The second-order valence-electron chi connectivity index (χ2n) is 9.11. The summed E-state index contributed by atoms with van der Waals surface area (Å²) in [5.74, 6) is 4.06. The van der Waals surface area contributed by atoms with E-state index in [1.165, 1.54) is 38.4 Å². The molecule has 3 aliphatic carbocycles. The molecule has 3 nitrogen and oxygen atoms in total. The Hall–Kier alpha value is -0.441. The molecule has 5 aliphatic rings. The van der Waals surface area contributed by atoms with Gasteiger partial charge in [-0.25, -0.2) is 0 Å². The molecule has 4 unspecified atom stereocenters. The second kappa shape index (κ2) is 10.5. The van der Waals surface area contributed by atoms with E-state index in [1.54, 1.807) is 0 Å². The normalized spacial score (nSPS) is 33.5. The van der Waals surface area contributed by atoms with Gasteiger partial charge in [0, 0.05) is 26.2 Å². The number of rotatable bonds is 2. The molecule has 1 saturated carbocycles. The van der Waals surface area contributed by atoms with Crippen molar-refractivity contribution in [3.8, 4) is 0 Å². The Morgan fingerprint density at radius 1 is 0.867 bits per heavy atom. The van der Waals surface area contributed by atoms with Crippen molar-refractivity contribution in [1.82, 2.24) is 9.47 Å². The third-order valence-electron chi connectivity index (χ3n) is 7.40. The Morgan fingerprint density at radius 3 is 1.93 bits per heavy atom. The zero-order valence-corrected chi connectivity index (χ0v) is 22.0. The number of nitrogens with zero attached hydrogens (tertiary/aromatic N) is 3. The van der Waals surface area contributed by atoms with Gasteiger partial charge in [-0.15, -0.1) is 0 Å². The topological polar surface area (TPSA) is 18.8 Å². The second-order valence-corrected chi connectivity index (χ2v) is 15.7. The van der Waals surface area contributed by atoms with E-state index in [0.717, 1.165) is 12.1 Å². The predicted molar refractivity (Wildman–Crippen MR) is 130 cm³/mol. The van der Waals surface area contributed by atoms with Gasteiger partial charge in [0.1, 0.15) is 0 Å². The fourth-order valence-corrected chi connectivity index (χ4v) is 10.7. The molecule has 2 fully saturated rings. The molecule has 0 amide bonds. The summed E-state index contributed by atoms with van der Waals surface area (Å²) in [5, 5.41) is 0. The van der Waals surface area contributed by atoms with Crippen molar-refractivity contribution in [2.24, 2.45) is 28.7 Å². The zero-order valence-electron chi connectivity index (χ0n) is 18.3. The van der Waals surface area contributed by atoms with E-state index < -0.39 is 8.24 Å². The van der Waals surface area contributed by atoms with Crippen molar-refractivity contribution < 1.29 is 13.4 Å². The minimum atomic E-state index is -1.70. The summed E-state index contributed by atoms with van der Waals surface area (Å²) in [6.45, 7) is 9.87. The molecule has 0 aromatic rings. The van der Waals surface area contributed by atoms with Crippen LogP contribution in [0.1, 0.15) is 12.8 Å². The first-order chi connectivity index (χ1) is 14.1. The summed E-state index contributed by atoms with van der Waals surface area (Å²) in [7, 11) is 7.95. The monoisotopic (exact) mass is 502 g/mol. The van der Waals surface area contributed by atoms with Gasteiger partial charge in [-0.1, -0.05) is 61.7 Å². The van der Waals surface area contributed by atoms with Gasteiger partial charge in [0.25, 0.3) is 0 Å². The van der Waals surface area contributed by atoms with Crippen LogP contribution < -0.4 is 0 Å². The third kappa shape index (κ3) is 4.39. The molecule has 0 N–H and O–H groups in total. The molecule has 0 aromatic heterocycles. The fraction of sp³-hybridized carbons (Fsp3) is 0.565. The molecule has 0 aromatic carbocycles. The first-order valence-electron chi connectivity index (χ1n) is 10.8. The number of halogens is 2. The van der Waals surface area contributed by atoms with Crippen molar-refractivity contribution in [2.45, 2.75) is 31.5 Å². The number of allylic oxidation sites excluding steroid dienone is 8. The van der Waals surface area contributed by atoms with E-state index in [1.807, 2.05) is 0 Å². The van der Waals surface area contributed by atoms with Crippen LogP contribution in [0.5, 0.6) is 0 Å². The van der Waals surface area contributed by atoms with Gasteiger partial charge in [-0.3, -0.25) is 4.99 Å². The molecule has 0 radical (unpaired) electrons. The molecule has 0 bridgehead atoms. The van der Waals surface area contributed by atoms with Gasteiger partial charge in [0.05, 0.1) is 0 Å². The van der Waals surface area contributed by atoms with Gasteiger partial charge in [0.2, 0.25) is 0 Å². The summed E-state index contributed by atoms with van der Waals surface area (Å²) >= 11 is -0.181. The van der Waals surface area contributed by atoms with Crippen LogP contribution in [-0.2, 0) is 13.4 Å². The molecule has 2 heterocycles. The average Bonchev–Trinajstić information content (AvgIpc) is 3.09. The van der Waals surface area contributed by atoms with Crippen LogP contribution >= 0.6 is 20.1 Å². The predicted octanol–water partition coefficient (Wildman–Crippen LogP) is 5.89. The first-order valence-corrected chi connectivity index (χ1v) is 17.3. The van der Waals surface area contributed by atoms with Crippen LogP contribution in [0.3, 0.4) is 0 Å². The number of fused-ring (bicyclic) bond motifs is 4. The average molecular weight is 504 g/mol. The molecule has 2 aliphatic heterocycles. The van der Waals surface area contributed by atoms with Crippen LogP contribution in [0.4, 0.5) is 0 Å².